The quantitative estimate of drug-likeness (QED) is 0.572. The number of hydrogen-bond donors (Lipinski definition) is 2. The Balaban J connectivity index is 2.97. The molecule has 1 aliphatic rings. The number of hydrogen-bond acceptors (Lipinski definition) is 5. The van der Waals surface area contributed by atoms with Crippen LogP contribution in [0.1, 0.15) is 20.3 Å². The smallest absolute Gasteiger partial charge is 0.255 e. The molecule has 15 heavy (non-hydrogen) atoms. The van der Waals surface area contributed by atoms with Crippen molar-refractivity contribution >= 4 is 28.4 Å². The largest absolute Gasteiger partial charge is 0.326 e. The van der Waals surface area contributed by atoms with Crippen molar-refractivity contribution in [3.63, 3.8) is 0 Å². The van der Waals surface area contributed by atoms with Gasteiger partial charge in [0.05, 0.1) is 6.67 Å². The molecule has 0 aromatic heterocycles. The zero-order valence-electron chi connectivity index (χ0n) is 9.43. The first-order valence-corrected chi connectivity index (χ1v) is 6.93. The Kier molecular flexibility index (Phi) is 4.34. The van der Waals surface area contributed by atoms with Crippen LogP contribution >= 0.6 is 22.5 Å². The van der Waals surface area contributed by atoms with E-state index in [9.17, 15) is 4.79 Å². The highest BCUT2D eigenvalue weighted by atomic mass is 33.1. The predicted molar refractivity (Wildman–Crippen MR) is 67.6 cm³/mol. The molecule has 0 aromatic rings. The highest BCUT2D eigenvalue weighted by Gasteiger charge is 2.47. The molecule has 2 atom stereocenters. The summed E-state index contributed by atoms with van der Waals surface area (Å²) in [5.41, 5.74) is 5.58. The summed E-state index contributed by atoms with van der Waals surface area (Å²) >= 11 is 4.21. The van der Waals surface area contributed by atoms with Crippen LogP contribution < -0.4 is 5.73 Å². The van der Waals surface area contributed by atoms with Gasteiger partial charge in [0, 0.05) is 12.6 Å². The van der Waals surface area contributed by atoms with Gasteiger partial charge in [-0.2, -0.15) is 0 Å². The zero-order valence-corrected chi connectivity index (χ0v) is 11.1. The van der Waals surface area contributed by atoms with Crippen LogP contribution in [0.5, 0.6) is 0 Å². The summed E-state index contributed by atoms with van der Waals surface area (Å²) < 4.78 is 0. The number of nitrogens with zero attached hydrogens (tertiary/aromatic N) is 2. The van der Waals surface area contributed by atoms with E-state index >= 15 is 0 Å². The summed E-state index contributed by atoms with van der Waals surface area (Å²) in [6.07, 6.45) is 1.00. The zero-order chi connectivity index (χ0) is 11.6. The van der Waals surface area contributed by atoms with Gasteiger partial charge in [-0.05, 0) is 20.4 Å². The van der Waals surface area contributed by atoms with E-state index in [1.54, 1.807) is 4.90 Å². The summed E-state index contributed by atoms with van der Waals surface area (Å²) in [6, 6.07) is 0.357. The molecule has 1 amide bonds. The number of amides is 1. The molecule has 0 bridgehead atoms. The normalized spacial score (nSPS) is 33.5. The number of carbonyl (C=O) groups is 1. The van der Waals surface area contributed by atoms with E-state index in [1.165, 1.54) is 10.8 Å². The molecular formula is C9H19N3OS2. The van der Waals surface area contributed by atoms with Gasteiger partial charge in [-0.25, -0.2) is 0 Å². The second-order valence-electron chi connectivity index (χ2n) is 3.96. The average molecular weight is 249 g/mol. The number of thiol groups is 1. The van der Waals surface area contributed by atoms with Gasteiger partial charge >= 0.3 is 0 Å². The SMILES string of the molecule is CCC1CN(CN)C(=O)[C@](C)(SS)N1C. The van der Waals surface area contributed by atoms with Gasteiger partial charge < -0.3 is 10.6 Å². The summed E-state index contributed by atoms with van der Waals surface area (Å²) in [7, 11) is 3.25. The Hall–Kier alpha value is 0.0900. The molecule has 1 unspecified atom stereocenters. The number of rotatable bonds is 3. The highest BCUT2D eigenvalue weighted by molar-refractivity contribution is 8.69. The third-order valence-corrected chi connectivity index (χ3v) is 5.09. The first kappa shape index (κ1) is 13.2. The van der Waals surface area contributed by atoms with Crippen molar-refractivity contribution < 1.29 is 4.79 Å². The van der Waals surface area contributed by atoms with Crippen molar-refractivity contribution in [1.29, 1.82) is 0 Å². The van der Waals surface area contributed by atoms with Crippen molar-refractivity contribution in [3.8, 4) is 0 Å². The van der Waals surface area contributed by atoms with Crippen LogP contribution in [0.4, 0.5) is 0 Å². The van der Waals surface area contributed by atoms with Crippen LogP contribution in [-0.4, -0.2) is 46.9 Å². The van der Waals surface area contributed by atoms with Crippen molar-refractivity contribution in [2.24, 2.45) is 5.73 Å². The first-order valence-electron chi connectivity index (χ1n) is 5.06. The molecule has 0 spiro atoms. The number of carbonyl (C=O) groups excluding carboxylic acids is 1. The Labute approximate surface area is 100 Å². The molecule has 1 fully saturated rings. The van der Waals surface area contributed by atoms with Crippen LogP contribution in [-0.2, 0) is 4.79 Å². The molecule has 0 radical (unpaired) electrons. The fraction of sp³-hybridized carbons (Fsp3) is 0.889. The lowest BCUT2D eigenvalue weighted by Crippen LogP contribution is -2.65. The molecule has 1 rings (SSSR count). The fourth-order valence-electron chi connectivity index (χ4n) is 1.92. The molecular weight excluding hydrogens is 230 g/mol. The second-order valence-corrected chi connectivity index (χ2v) is 5.48. The fourth-order valence-corrected chi connectivity index (χ4v) is 3.02. The van der Waals surface area contributed by atoms with Gasteiger partial charge in [0.1, 0.15) is 0 Å². The Morgan fingerprint density at radius 2 is 2.33 bits per heavy atom. The van der Waals surface area contributed by atoms with E-state index < -0.39 is 4.87 Å². The Bertz CT molecular complexity index is 252. The summed E-state index contributed by atoms with van der Waals surface area (Å²) in [6.45, 7) is 5.02. The molecule has 2 N–H and O–H groups in total. The number of likely N-dealkylation sites (N-methyl/N-ethyl adjacent to an activating group) is 1. The molecule has 1 heterocycles. The van der Waals surface area contributed by atoms with E-state index in [0.29, 0.717) is 12.6 Å². The van der Waals surface area contributed by atoms with Gasteiger partial charge in [-0.1, -0.05) is 17.7 Å². The van der Waals surface area contributed by atoms with Crippen LogP contribution in [0.2, 0.25) is 0 Å². The van der Waals surface area contributed by atoms with Crippen molar-refractivity contribution in [1.82, 2.24) is 9.80 Å². The lowest BCUT2D eigenvalue weighted by Gasteiger charge is -2.48. The molecule has 0 aliphatic carbocycles. The lowest BCUT2D eigenvalue weighted by atomic mass is 10.1. The summed E-state index contributed by atoms with van der Waals surface area (Å²) in [4.78, 5) is 15.3. The molecule has 6 heteroatoms. The van der Waals surface area contributed by atoms with Gasteiger partial charge in [0.2, 0.25) is 0 Å². The maximum Gasteiger partial charge on any atom is 0.255 e. The van der Waals surface area contributed by atoms with Crippen LogP contribution in [0.15, 0.2) is 0 Å². The van der Waals surface area contributed by atoms with E-state index in [1.807, 2.05) is 14.0 Å². The van der Waals surface area contributed by atoms with Crippen LogP contribution in [0, 0.1) is 0 Å². The minimum absolute atomic E-state index is 0.0530. The molecule has 0 saturated carbocycles. The van der Waals surface area contributed by atoms with Crippen molar-refractivity contribution in [3.05, 3.63) is 0 Å². The average Bonchev–Trinajstić information content (AvgIpc) is 2.26. The number of piperazine rings is 1. The minimum atomic E-state index is -0.596. The van der Waals surface area contributed by atoms with Crippen molar-refractivity contribution in [2.45, 2.75) is 31.2 Å². The van der Waals surface area contributed by atoms with Crippen LogP contribution in [0.25, 0.3) is 0 Å². The molecule has 1 saturated heterocycles. The van der Waals surface area contributed by atoms with Gasteiger partial charge in [0.25, 0.3) is 5.91 Å². The van der Waals surface area contributed by atoms with Crippen molar-refractivity contribution in [2.75, 3.05) is 20.3 Å². The second kappa shape index (κ2) is 4.95. The van der Waals surface area contributed by atoms with Gasteiger partial charge in [0.15, 0.2) is 4.87 Å². The Morgan fingerprint density at radius 1 is 1.73 bits per heavy atom. The molecule has 4 nitrogen and oxygen atoms in total. The van der Waals surface area contributed by atoms with Gasteiger partial charge in [-0.3, -0.25) is 9.69 Å². The number of nitrogens with two attached hydrogens (primary N) is 1. The van der Waals surface area contributed by atoms with E-state index in [-0.39, 0.29) is 12.6 Å². The first-order chi connectivity index (χ1) is 7.01. The summed E-state index contributed by atoms with van der Waals surface area (Å²) in [5.74, 6) is 0.0530. The lowest BCUT2D eigenvalue weighted by molar-refractivity contribution is -0.145. The summed E-state index contributed by atoms with van der Waals surface area (Å²) in [5, 5.41) is 0. The third kappa shape index (κ3) is 2.13. The van der Waals surface area contributed by atoms with E-state index in [4.69, 9.17) is 5.73 Å². The Morgan fingerprint density at radius 3 is 2.73 bits per heavy atom. The van der Waals surface area contributed by atoms with E-state index in [2.05, 4.69) is 23.5 Å². The van der Waals surface area contributed by atoms with E-state index in [0.717, 1.165) is 6.42 Å². The molecule has 1 aliphatic heterocycles. The standard InChI is InChI=1S/C9H19N3OS2/c1-4-7-5-12(6-10)8(13)9(2,15-14)11(7)3/h7,14H,4-6,10H2,1-3H3/t7?,9-/m0/s1. The topological polar surface area (TPSA) is 49.6 Å². The maximum absolute atomic E-state index is 12.1. The highest BCUT2D eigenvalue weighted by Crippen LogP contribution is 2.37. The molecule has 88 valence electrons. The minimum Gasteiger partial charge on any atom is -0.326 e. The predicted octanol–water partition coefficient (Wildman–Crippen LogP) is 0.749. The monoisotopic (exact) mass is 249 g/mol. The third-order valence-electron chi connectivity index (χ3n) is 3.21. The van der Waals surface area contributed by atoms with Gasteiger partial charge in [-0.15, -0.1) is 11.7 Å². The molecule has 0 aromatic carbocycles. The van der Waals surface area contributed by atoms with Crippen LogP contribution in [0.3, 0.4) is 0 Å². The maximum atomic E-state index is 12.1.